The Labute approximate surface area is 150 Å². The summed E-state index contributed by atoms with van der Waals surface area (Å²) in [4.78, 5) is 20.4. The van der Waals surface area contributed by atoms with Crippen molar-refractivity contribution < 1.29 is 9.32 Å². The Balaban J connectivity index is 1.55. The summed E-state index contributed by atoms with van der Waals surface area (Å²) in [6, 6.07) is 8.83. The molecule has 0 aliphatic carbocycles. The van der Waals surface area contributed by atoms with Gasteiger partial charge in [0.25, 0.3) is 0 Å². The van der Waals surface area contributed by atoms with Gasteiger partial charge in [-0.25, -0.2) is 0 Å². The van der Waals surface area contributed by atoms with Gasteiger partial charge in [0, 0.05) is 12.1 Å². The van der Waals surface area contributed by atoms with E-state index in [-0.39, 0.29) is 11.9 Å². The number of carbonyl (C=O) groups is 1. The lowest BCUT2D eigenvalue weighted by molar-refractivity contribution is -0.139. The van der Waals surface area contributed by atoms with Gasteiger partial charge in [-0.3, -0.25) is 4.79 Å². The van der Waals surface area contributed by atoms with Crippen LogP contribution < -0.4 is 0 Å². The second-order valence-electron chi connectivity index (χ2n) is 6.31. The number of aromatic nitrogens is 6. The monoisotopic (exact) mass is 353 g/mol. The first-order valence-corrected chi connectivity index (χ1v) is 8.65. The molecule has 0 radical (unpaired) electrons. The van der Waals surface area contributed by atoms with Gasteiger partial charge in [-0.15, -0.1) is 10.2 Å². The number of hydrogen-bond donors (Lipinski definition) is 0. The third-order valence-electron chi connectivity index (χ3n) is 4.63. The highest BCUT2D eigenvalue weighted by atomic mass is 16.5. The Morgan fingerprint density at radius 3 is 2.88 bits per heavy atom. The summed E-state index contributed by atoms with van der Waals surface area (Å²) in [6.07, 6.45) is 4.09. The van der Waals surface area contributed by atoms with E-state index in [1.807, 2.05) is 30.3 Å². The molecule has 1 amide bonds. The number of carbonyl (C=O) groups excluding carboxylic acids is 1. The average molecular weight is 353 g/mol. The second-order valence-corrected chi connectivity index (χ2v) is 6.31. The number of tetrazole rings is 1. The second kappa shape index (κ2) is 7.03. The van der Waals surface area contributed by atoms with E-state index in [1.165, 1.54) is 11.2 Å². The molecule has 2 aromatic heterocycles. The molecular weight excluding hydrogens is 334 g/mol. The summed E-state index contributed by atoms with van der Waals surface area (Å²) in [5, 5.41) is 16.4. The van der Waals surface area contributed by atoms with E-state index in [1.54, 1.807) is 11.8 Å². The maximum absolute atomic E-state index is 13.1. The lowest BCUT2D eigenvalue weighted by Gasteiger charge is -2.35. The quantitative estimate of drug-likeness (QED) is 0.707. The van der Waals surface area contributed by atoms with Crippen molar-refractivity contribution in [3.8, 4) is 11.4 Å². The Hall–Kier alpha value is -3.10. The Morgan fingerprint density at radius 1 is 1.27 bits per heavy atom. The molecule has 26 heavy (non-hydrogen) atoms. The van der Waals surface area contributed by atoms with Crippen LogP contribution in [0.5, 0.6) is 0 Å². The van der Waals surface area contributed by atoms with E-state index in [4.69, 9.17) is 4.52 Å². The predicted octanol–water partition coefficient (Wildman–Crippen LogP) is 2.04. The molecule has 3 heterocycles. The number of nitrogens with zero attached hydrogens (tertiary/aromatic N) is 7. The van der Waals surface area contributed by atoms with Crippen molar-refractivity contribution in [2.45, 2.75) is 38.3 Å². The minimum Gasteiger partial charge on any atom is -0.343 e. The van der Waals surface area contributed by atoms with Gasteiger partial charge < -0.3 is 9.42 Å². The lowest BCUT2D eigenvalue weighted by Crippen LogP contribution is -2.42. The fourth-order valence-electron chi connectivity index (χ4n) is 3.22. The molecule has 0 N–H and O–H groups in total. The molecule has 4 rings (SSSR count). The Kier molecular flexibility index (Phi) is 4.42. The van der Waals surface area contributed by atoms with Crippen LogP contribution in [0, 0.1) is 0 Å². The van der Waals surface area contributed by atoms with E-state index in [0.29, 0.717) is 18.2 Å². The highest BCUT2D eigenvalue weighted by Crippen LogP contribution is 2.30. The molecule has 1 fully saturated rings. The number of amides is 1. The fourth-order valence-corrected chi connectivity index (χ4v) is 3.22. The SMILES string of the molecule is CC(C(=O)N1CCCCC1c1ncon1)n1nnc(-c2ccccc2)n1. The number of piperidine rings is 1. The fraction of sp³-hybridized carbons (Fsp3) is 0.412. The van der Waals surface area contributed by atoms with Crippen LogP contribution in [-0.2, 0) is 4.79 Å². The van der Waals surface area contributed by atoms with Gasteiger partial charge in [0.05, 0.1) is 6.04 Å². The first-order valence-electron chi connectivity index (χ1n) is 8.65. The standard InChI is InChI=1S/C17H19N7O2/c1-12(24-20-15(19-22-24)13-7-3-2-4-8-13)17(25)23-10-6-5-9-14(23)16-18-11-26-21-16/h2-4,7-8,11-12,14H,5-6,9-10H2,1H3. The Morgan fingerprint density at radius 2 is 2.12 bits per heavy atom. The third-order valence-corrected chi connectivity index (χ3v) is 4.63. The van der Waals surface area contributed by atoms with Gasteiger partial charge in [-0.2, -0.15) is 9.78 Å². The molecule has 134 valence electrons. The first kappa shape index (κ1) is 16.4. The third kappa shape index (κ3) is 3.07. The van der Waals surface area contributed by atoms with Crippen molar-refractivity contribution in [3.63, 3.8) is 0 Å². The van der Waals surface area contributed by atoms with Gasteiger partial charge in [0.15, 0.2) is 5.82 Å². The normalized spacial score (nSPS) is 18.7. The number of likely N-dealkylation sites (tertiary alicyclic amines) is 1. The van der Waals surface area contributed by atoms with Crippen LogP contribution in [0.2, 0.25) is 0 Å². The van der Waals surface area contributed by atoms with E-state index in [2.05, 4.69) is 25.6 Å². The summed E-state index contributed by atoms with van der Waals surface area (Å²) in [5.41, 5.74) is 0.862. The van der Waals surface area contributed by atoms with E-state index >= 15 is 0 Å². The van der Waals surface area contributed by atoms with Crippen molar-refractivity contribution in [2.75, 3.05) is 6.54 Å². The molecular formula is C17H19N7O2. The number of benzene rings is 1. The van der Waals surface area contributed by atoms with Crippen molar-refractivity contribution in [2.24, 2.45) is 0 Å². The number of rotatable bonds is 4. The summed E-state index contributed by atoms with van der Waals surface area (Å²) >= 11 is 0. The minimum absolute atomic E-state index is 0.0727. The zero-order chi connectivity index (χ0) is 17.9. The molecule has 1 aromatic carbocycles. The molecule has 9 heteroatoms. The van der Waals surface area contributed by atoms with Crippen molar-refractivity contribution >= 4 is 5.91 Å². The van der Waals surface area contributed by atoms with E-state index < -0.39 is 6.04 Å². The van der Waals surface area contributed by atoms with E-state index in [0.717, 1.165) is 24.8 Å². The molecule has 2 unspecified atom stereocenters. The van der Waals surface area contributed by atoms with Crippen LogP contribution in [0.3, 0.4) is 0 Å². The molecule has 1 aliphatic heterocycles. The van der Waals surface area contributed by atoms with Crippen LogP contribution in [0.15, 0.2) is 41.2 Å². The van der Waals surface area contributed by atoms with Gasteiger partial charge >= 0.3 is 0 Å². The summed E-state index contributed by atoms with van der Waals surface area (Å²) in [6.45, 7) is 2.43. The van der Waals surface area contributed by atoms with Crippen molar-refractivity contribution in [1.29, 1.82) is 0 Å². The van der Waals surface area contributed by atoms with Gasteiger partial charge in [-0.05, 0) is 31.4 Å². The topological polar surface area (TPSA) is 103 Å². The smallest absolute Gasteiger partial charge is 0.249 e. The summed E-state index contributed by atoms with van der Waals surface area (Å²) in [5.74, 6) is 0.969. The molecule has 0 spiro atoms. The van der Waals surface area contributed by atoms with Gasteiger partial charge in [0.2, 0.25) is 18.1 Å². The van der Waals surface area contributed by atoms with Crippen LogP contribution in [0.25, 0.3) is 11.4 Å². The molecule has 1 saturated heterocycles. The van der Waals surface area contributed by atoms with Gasteiger partial charge in [0.1, 0.15) is 6.04 Å². The minimum atomic E-state index is -0.563. The van der Waals surface area contributed by atoms with Crippen LogP contribution in [0.1, 0.15) is 44.1 Å². The molecule has 2 atom stereocenters. The highest BCUT2D eigenvalue weighted by molar-refractivity contribution is 5.80. The largest absolute Gasteiger partial charge is 0.343 e. The molecule has 0 bridgehead atoms. The molecule has 1 aliphatic rings. The highest BCUT2D eigenvalue weighted by Gasteiger charge is 2.34. The molecule has 0 saturated carbocycles. The molecule has 9 nitrogen and oxygen atoms in total. The lowest BCUT2D eigenvalue weighted by atomic mass is 10.0. The van der Waals surface area contributed by atoms with Crippen molar-refractivity contribution in [1.82, 2.24) is 35.2 Å². The zero-order valence-corrected chi connectivity index (χ0v) is 14.4. The van der Waals surface area contributed by atoms with Crippen LogP contribution >= 0.6 is 0 Å². The summed E-state index contributed by atoms with van der Waals surface area (Å²) in [7, 11) is 0. The maximum Gasteiger partial charge on any atom is 0.249 e. The van der Waals surface area contributed by atoms with E-state index in [9.17, 15) is 4.79 Å². The first-order chi connectivity index (χ1) is 12.7. The van der Waals surface area contributed by atoms with Crippen LogP contribution in [0.4, 0.5) is 0 Å². The van der Waals surface area contributed by atoms with Crippen molar-refractivity contribution in [3.05, 3.63) is 42.5 Å². The predicted molar refractivity (Wildman–Crippen MR) is 90.6 cm³/mol. The van der Waals surface area contributed by atoms with Crippen LogP contribution in [-0.4, -0.2) is 47.7 Å². The zero-order valence-electron chi connectivity index (χ0n) is 14.4. The summed E-state index contributed by atoms with van der Waals surface area (Å²) < 4.78 is 4.85. The van der Waals surface area contributed by atoms with Gasteiger partial charge in [-0.1, -0.05) is 35.5 Å². The maximum atomic E-state index is 13.1. The number of hydrogen-bond acceptors (Lipinski definition) is 7. The molecule has 3 aromatic rings. The average Bonchev–Trinajstić information content (AvgIpc) is 3.39. The Bertz CT molecular complexity index is 862.